The Bertz CT molecular complexity index is 1760. The smallest absolute Gasteiger partial charge is 0.379 e. The predicted octanol–water partition coefficient (Wildman–Crippen LogP) is 6.12. The maximum atomic E-state index is 15.1. The van der Waals surface area contributed by atoms with Crippen molar-refractivity contribution in [1.29, 1.82) is 5.26 Å². The second kappa shape index (κ2) is 10.6. The maximum Gasteiger partial charge on any atom is 0.379 e. The normalized spacial score (nSPS) is 10.8. The third-order valence-corrected chi connectivity index (χ3v) is 5.89. The van der Waals surface area contributed by atoms with Crippen LogP contribution in [0.25, 0.3) is 22.3 Å². The number of benzene rings is 3. The first-order chi connectivity index (χ1) is 18.8. The zero-order valence-electron chi connectivity index (χ0n) is 19.8. The zero-order valence-corrected chi connectivity index (χ0v) is 19.8. The number of fused-ring (bicyclic) bond motifs is 1. The summed E-state index contributed by atoms with van der Waals surface area (Å²) in [5.74, 6) is -2.86. The number of hydrogen-bond acceptors (Lipinski definition) is 6. The summed E-state index contributed by atoms with van der Waals surface area (Å²) < 4.78 is 61.9. The van der Waals surface area contributed by atoms with Crippen LogP contribution in [-0.2, 0) is 18.0 Å². The highest BCUT2D eigenvalue weighted by Gasteiger charge is 2.16. The van der Waals surface area contributed by atoms with Crippen molar-refractivity contribution in [2.75, 3.05) is 0 Å². The van der Waals surface area contributed by atoms with Gasteiger partial charge in [0.05, 0.1) is 33.9 Å². The first-order valence-corrected chi connectivity index (χ1v) is 11.4. The van der Waals surface area contributed by atoms with E-state index >= 15 is 8.78 Å². The van der Waals surface area contributed by atoms with Crippen molar-refractivity contribution in [3.8, 4) is 23.2 Å². The average Bonchev–Trinajstić information content (AvgIpc) is 3.35. The topological polar surface area (TPSA) is 101 Å². The van der Waals surface area contributed by atoms with E-state index in [4.69, 9.17) is 10.00 Å². The Morgan fingerprint density at radius 2 is 1.74 bits per heavy atom. The van der Waals surface area contributed by atoms with Crippen LogP contribution in [0.2, 0.25) is 0 Å². The summed E-state index contributed by atoms with van der Waals surface area (Å²) in [6.45, 7) is -0.183. The molecule has 194 valence electrons. The number of imidazole rings is 1. The van der Waals surface area contributed by atoms with E-state index in [1.807, 2.05) is 6.07 Å². The van der Waals surface area contributed by atoms with Gasteiger partial charge in [-0.15, -0.1) is 0 Å². The van der Waals surface area contributed by atoms with E-state index in [0.717, 1.165) is 18.2 Å². The predicted molar refractivity (Wildman–Crippen MR) is 130 cm³/mol. The Morgan fingerprint density at radius 1 is 0.923 bits per heavy atom. The second-order valence-electron chi connectivity index (χ2n) is 8.45. The number of aromatic nitrogens is 3. The van der Waals surface area contributed by atoms with Crippen LogP contribution in [0.1, 0.15) is 32.9 Å². The van der Waals surface area contributed by atoms with Gasteiger partial charge in [-0.2, -0.15) is 5.26 Å². The van der Waals surface area contributed by atoms with E-state index in [0.29, 0.717) is 16.9 Å². The van der Waals surface area contributed by atoms with Crippen LogP contribution in [-0.4, -0.2) is 20.9 Å². The monoisotopic (exact) mass is 532 g/mol. The number of nitrogens with one attached hydrogen (secondary N) is 1. The molecule has 11 heteroatoms. The fraction of sp³-hybridized carbons (Fsp3) is 0.0714. The largest absolute Gasteiger partial charge is 0.473 e. The van der Waals surface area contributed by atoms with Gasteiger partial charge in [-0.05, 0) is 54.1 Å². The van der Waals surface area contributed by atoms with Crippen molar-refractivity contribution in [2.24, 2.45) is 0 Å². The molecular formula is C28H16F4N4O3. The summed E-state index contributed by atoms with van der Waals surface area (Å²) >= 11 is 0. The van der Waals surface area contributed by atoms with Crippen LogP contribution >= 0.6 is 0 Å². The van der Waals surface area contributed by atoms with Gasteiger partial charge in [0.25, 0.3) is 0 Å². The van der Waals surface area contributed by atoms with Gasteiger partial charge in [-0.25, -0.2) is 32.9 Å². The Kier molecular flexibility index (Phi) is 6.93. The number of aromatic amines is 1. The van der Waals surface area contributed by atoms with Crippen LogP contribution in [0.4, 0.5) is 17.7 Å². The molecule has 3 aromatic carbocycles. The summed E-state index contributed by atoms with van der Waals surface area (Å²) in [5, 5.41) is 8.85. The van der Waals surface area contributed by atoms with E-state index in [-0.39, 0.29) is 52.4 Å². The van der Waals surface area contributed by atoms with Crippen LogP contribution < -0.4 is 4.74 Å². The molecule has 0 radical (unpaired) electrons. The Balaban J connectivity index is 1.34. The molecule has 2 aromatic heterocycles. The lowest BCUT2D eigenvalue weighted by molar-refractivity contribution is -0.0787. The molecule has 39 heavy (non-hydrogen) atoms. The molecule has 5 rings (SSSR count). The molecule has 0 saturated heterocycles. The first kappa shape index (κ1) is 25.4. The van der Waals surface area contributed by atoms with Gasteiger partial charge in [-0.1, -0.05) is 12.1 Å². The van der Waals surface area contributed by atoms with Crippen LogP contribution in [0.15, 0.2) is 66.7 Å². The van der Waals surface area contributed by atoms with Crippen molar-refractivity contribution in [1.82, 2.24) is 15.0 Å². The van der Waals surface area contributed by atoms with Gasteiger partial charge in [0.2, 0.25) is 5.88 Å². The fourth-order valence-electron chi connectivity index (χ4n) is 3.95. The molecule has 0 aliphatic heterocycles. The minimum Gasteiger partial charge on any atom is -0.473 e. The molecule has 0 atom stereocenters. The van der Waals surface area contributed by atoms with Crippen LogP contribution in [0.5, 0.6) is 5.88 Å². The molecule has 7 nitrogen and oxygen atoms in total. The van der Waals surface area contributed by atoms with Crippen molar-refractivity contribution < 1.29 is 32.2 Å². The van der Waals surface area contributed by atoms with Crippen LogP contribution in [0, 0.1) is 28.8 Å². The summed E-state index contributed by atoms with van der Waals surface area (Å²) in [6, 6.07) is 16.5. The molecule has 2 heterocycles. The summed E-state index contributed by atoms with van der Waals surface area (Å²) in [7, 11) is 0. The van der Waals surface area contributed by atoms with Gasteiger partial charge < -0.3 is 9.72 Å². The van der Waals surface area contributed by atoms with E-state index in [2.05, 4.69) is 19.9 Å². The van der Waals surface area contributed by atoms with E-state index in [1.165, 1.54) is 42.5 Å². The maximum absolute atomic E-state index is 15.1. The Hall–Kier alpha value is -5.24. The molecule has 0 saturated carbocycles. The van der Waals surface area contributed by atoms with Crippen molar-refractivity contribution in [2.45, 2.75) is 13.0 Å². The lowest BCUT2D eigenvalue weighted by atomic mass is 10.0. The van der Waals surface area contributed by atoms with E-state index in [1.54, 1.807) is 6.07 Å². The molecule has 1 N–H and O–H groups in total. The molecule has 0 bridgehead atoms. The zero-order chi connectivity index (χ0) is 27.5. The number of hydrogen-bond donors (Lipinski definition) is 1. The number of ether oxygens (including phenoxy) is 1. The quantitative estimate of drug-likeness (QED) is 0.253. The molecule has 0 fully saturated rings. The fourth-order valence-corrected chi connectivity index (χ4v) is 3.95. The number of pyridine rings is 1. The van der Waals surface area contributed by atoms with Gasteiger partial charge in [0.1, 0.15) is 29.9 Å². The van der Waals surface area contributed by atoms with Crippen LogP contribution in [0.3, 0.4) is 0 Å². The molecule has 0 aliphatic rings. The van der Waals surface area contributed by atoms with E-state index in [9.17, 15) is 13.7 Å². The third kappa shape index (κ3) is 5.40. The minimum absolute atomic E-state index is 0.0161. The Morgan fingerprint density at radius 3 is 2.51 bits per heavy atom. The number of H-pyrrole nitrogens is 1. The van der Waals surface area contributed by atoms with Gasteiger partial charge >= 0.3 is 5.97 Å². The second-order valence-corrected chi connectivity index (χ2v) is 8.45. The highest BCUT2D eigenvalue weighted by atomic mass is 19.3. The standard InChI is InChI=1S/C28H16F4N4O3/c29-20-8-15(13-33)4-5-17(20)14-38-27-3-1-2-23(36-27)19-12-21(30)18(9-22(19)31)11-26-34-24-7-6-16(28(37)39-32)10-25(24)35-26/h1-10,12H,11,14H2,(H,34,35). The third-order valence-electron chi connectivity index (χ3n) is 5.89. The number of carbonyl (C=O) groups excluding carboxylic acids is 1. The molecule has 5 aromatic rings. The van der Waals surface area contributed by atoms with Crippen molar-refractivity contribution >= 4 is 17.0 Å². The van der Waals surface area contributed by atoms with Gasteiger partial charge in [-0.3, -0.25) is 0 Å². The lowest BCUT2D eigenvalue weighted by Gasteiger charge is -2.10. The molecule has 0 spiro atoms. The molecule has 0 aliphatic carbocycles. The van der Waals surface area contributed by atoms with Gasteiger partial charge in [0, 0.05) is 28.1 Å². The highest BCUT2D eigenvalue weighted by Crippen LogP contribution is 2.27. The molecular weight excluding hydrogens is 516 g/mol. The minimum atomic E-state index is -1.17. The SMILES string of the molecule is N#Cc1ccc(COc2cccc(-c3cc(F)c(Cc4nc5ccc(C(=O)OF)cc5[nH]4)cc3F)n2)c(F)c1. The first-order valence-electron chi connectivity index (χ1n) is 11.4. The number of nitrogens with zero attached hydrogens (tertiary/aromatic N) is 3. The van der Waals surface area contributed by atoms with Gasteiger partial charge in [0.15, 0.2) is 0 Å². The lowest BCUT2D eigenvalue weighted by Crippen LogP contribution is -2.02. The van der Waals surface area contributed by atoms with Crippen molar-refractivity contribution in [3.63, 3.8) is 0 Å². The van der Waals surface area contributed by atoms with E-state index < -0.39 is 23.4 Å². The number of carbonyl (C=O) groups is 1. The van der Waals surface area contributed by atoms with Crippen molar-refractivity contribution in [3.05, 3.63) is 112 Å². The average molecular weight is 532 g/mol. The number of nitriles is 1. The number of rotatable bonds is 7. The number of halogens is 4. The summed E-state index contributed by atoms with van der Waals surface area (Å²) in [6.07, 6.45) is -0.0899. The Labute approximate surface area is 218 Å². The highest BCUT2D eigenvalue weighted by molar-refractivity contribution is 5.93. The summed E-state index contributed by atoms with van der Waals surface area (Å²) in [5.41, 5.74) is 1.19. The summed E-state index contributed by atoms with van der Waals surface area (Å²) in [4.78, 5) is 26.0. The molecule has 0 unspecified atom stereocenters. The molecule has 0 amide bonds.